The van der Waals surface area contributed by atoms with Gasteiger partial charge in [0.05, 0.1) is 31.5 Å². The van der Waals surface area contributed by atoms with Gasteiger partial charge < -0.3 is 9.64 Å². The predicted octanol–water partition coefficient (Wildman–Crippen LogP) is 1.92. The molecule has 0 unspecified atom stereocenters. The maximum atomic E-state index is 12.5. The summed E-state index contributed by atoms with van der Waals surface area (Å²) in [7, 11) is 1.41. The molecule has 0 aromatic carbocycles. The largest absolute Gasteiger partial charge is 0.469 e. The first-order valence-electron chi connectivity index (χ1n) is 9.18. The van der Waals surface area contributed by atoms with Crippen molar-refractivity contribution in [1.29, 1.82) is 0 Å². The molecule has 1 aliphatic heterocycles. The zero-order valence-electron chi connectivity index (χ0n) is 15.9. The van der Waals surface area contributed by atoms with E-state index in [1.54, 1.807) is 0 Å². The number of nitrogens with zero attached hydrogens (tertiary/aromatic N) is 5. The van der Waals surface area contributed by atoms with E-state index in [1.807, 2.05) is 27.4 Å². The molecular formula is C18H27N5O3. The average Bonchev–Trinajstić information content (AvgIpc) is 3.20. The third-order valence-corrected chi connectivity index (χ3v) is 5.08. The number of ether oxygens (including phenoxy) is 1. The molecule has 0 saturated carbocycles. The van der Waals surface area contributed by atoms with Gasteiger partial charge in [-0.15, -0.1) is 0 Å². The Hall–Kier alpha value is -2.38. The van der Waals surface area contributed by atoms with E-state index in [0.717, 1.165) is 16.7 Å². The van der Waals surface area contributed by atoms with E-state index < -0.39 is 0 Å². The van der Waals surface area contributed by atoms with E-state index in [9.17, 15) is 9.59 Å². The molecule has 3 heterocycles. The lowest BCUT2D eigenvalue weighted by molar-refractivity contribution is -0.148. The number of aromatic nitrogens is 4. The lowest BCUT2D eigenvalue weighted by Gasteiger charge is -2.30. The maximum Gasteiger partial charge on any atom is 0.308 e. The summed E-state index contributed by atoms with van der Waals surface area (Å²) in [5.74, 6) is -0.154. The highest BCUT2D eigenvalue weighted by Gasteiger charge is 2.27. The van der Waals surface area contributed by atoms with Crippen LogP contribution < -0.4 is 0 Å². The van der Waals surface area contributed by atoms with Crippen molar-refractivity contribution in [3.8, 4) is 0 Å². The molecule has 0 N–H and O–H groups in total. The van der Waals surface area contributed by atoms with Crippen LogP contribution >= 0.6 is 0 Å². The van der Waals surface area contributed by atoms with Crippen LogP contribution in [0.3, 0.4) is 0 Å². The van der Waals surface area contributed by atoms with Gasteiger partial charge in [0.1, 0.15) is 11.0 Å². The van der Waals surface area contributed by atoms with Gasteiger partial charge in [0.25, 0.3) is 0 Å². The van der Waals surface area contributed by atoms with E-state index in [1.165, 1.54) is 7.11 Å². The average molecular weight is 361 g/mol. The Kier molecular flexibility index (Phi) is 5.29. The Morgan fingerprint density at radius 2 is 2.00 bits per heavy atom. The van der Waals surface area contributed by atoms with Gasteiger partial charge in [-0.2, -0.15) is 10.2 Å². The Labute approximate surface area is 153 Å². The van der Waals surface area contributed by atoms with Crippen LogP contribution in [0.4, 0.5) is 0 Å². The van der Waals surface area contributed by atoms with Gasteiger partial charge in [-0.1, -0.05) is 0 Å². The number of carbonyl (C=O) groups excluding carboxylic acids is 2. The fourth-order valence-corrected chi connectivity index (χ4v) is 3.63. The number of carbonyl (C=O) groups is 2. The van der Waals surface area contributed by atoms with Gasteiger partial charge in [-0.3, -0.25) is 19.0 Å². The van der Waals surface area contributed by atoms with Crippen LogP contribution in [0.15, 0.2) is 6.20 Å². The topological polar surface area (TPSA) is 82.2 Å². The number of rotatable bonds is 5. The number of likely N-dealkylation sites (tertiary alicyclic amines) is 1. The second-order valence-corrected chi connectivity index (χ2v) is 7.15. The minimum atomic E-state index is -0.173. The van der Waals surface area contributed by atoms with Gasteiger partial charge in [-0.05, 0) is 33.6 Å². The SMILES string of the molecule is COC(=O)C1CCN(C(=O)CCn2ncc3c2c(C)nn3C(C)C)CC1. The van der Waals surface area contributed by atoms with Crippen LogP contribution in [-0.2, 0) is 20.9 Å². The highest BCUT2D eigenvalue weighted by atomic mass is 16.5. The number of methoxy groups -OCH3 is 1. The minimum absolute atomic E-state index is 0.0840. The summed E-state index contributed by atoms with van der Waals surface area (Å²) in [5.41, 5.74) is 2.93. The van der Waals surface area contributed by atoms with Crippen LogP contribution in [0.1, 0.15) is 44.8 Å². The molecule has 0 atom stereocenters. The molecule has 26 heavy (non-hydrogen) atoms. The van der Waals surface area contributed by atoms with Crippen molar-refractivity contribution >= 4 is 22.9 Å². The standard InChI is InChI=1S/C18H27N5O3/c1-12(2)23-15-11-19-22(17(15)13(3)20-23)10-7-16(24)21-8-5-14(6-9-21)18(25)26-4/h11-12,14H,5-10H2,1-4H3. The van der Waals surface area contributed by atoms with Crippen molar-refractivity contribution < 1.29 is 14.3 Å². The highest BCUT2D eigenvalue weighted by Crippen LogP contribution is 2.22. The van der Waals surface area contributed by atoms with Gasteiger partial charge in [0.15, 0.2) is 0 Å². The third-order valence-electron chi connectivity index (χ3n) is 5.08. The third kappa shape index (κ3) is 3.45. The molecule has 1 saturated heterocycles. The monoisotopic (exact) mass is 361 g/mol. The summed E-state index contributed by atoms with van der Waals surface area (Å²) in [6.07, 6.45) is 3.56. The van der Waals surface area contributed by atoms with Crippen LogP contribution in [0.2, 0.25) is 0 Å². The lowest BCUT2D eigenvalue weighted by atomic mass is 9.97. The molecule has 1 aliphatic rings. The summed E-state index contributed by atoms with van der Waals surface area (Å²) in [6.45, 7) is 7.90. The molecule has 0 spiro atoms. The van der Waals surface area contributed by atoms with Crippen molar-refractivity contribution in [3.63, 3.8) is 0 Å². The number of amides is 1. The molecule has 1 fully saturated rings. The normalized spacial score (nSPS) is 15.8. The maximum absolute atomic E-state index is 12.5. The van der Waals surface area contributed by atoms with Crippen LogP contribution in [0.5, 0.6) is 0 Å². The number of fused-ring (bicyclic) bond motifs is 1. The number of aryl methyl sites for hydroxylation is 2. The lowest BCUT2D eigenvalue weighted by Crippen LogP contribution is -2.40. The molecular weight excluding hydrogens is 334 g/mol. The molecule has 142 valence electrons. The van der Waals surface area contributed by atoms with Gasteiger partial charge in [-0.25, -0.2) is 0 Å². The molecule has 2 aromatic rings. The van der Waals surface area contributed by atoms with Crippen molar-refractivity contribution in [2.24, 2.45) is 5.92 Å². The molecule has 0 radical (unpaired) electrons. The first-order chi connectivity index (χ1) is 12.4. The van der Waals surface area contributed by atoms with Crippen LogP contribution in [0.25, 0.3) is 11.0 Å². The predicted molar refractivity (Wildman–Crippen MR) is 96.6 cm³/mol. The second kappa shape index (κ2) is 7.47. The van der Waals surface area contributed by atoms with E-state index in [-0.39, 0.29) is 23.8 Å². The Morgan fingerprint density at radius 3 is 2.62 bits per heavy atom. The molecule has 8 nitrogen and oxygen atoms in total. The molecule has 3 rings (SSSR count). The molecule has 2 aromatic heterocycles. The van der Waals surface area contributed by atoms with E-state index >= 15 is 0 Å². The van der Waals surface area contributed by atoms with E-state index in [2.05, 4.69) is 24.0 Å². The summed E-state index contributed by atoms with van der Waals surface area (Å²) in [5, 5.41) is 9.02. The second-order valence-electron chi connectivity index (χ2n) is 7.15. The number of esters is 1. The van der Waals surface area contributed by atoms with Crippen molar-refractivity contribution in [2.45, 2.75) is 52.6 Å². The zero-order chi connectivity index (χ0) is 18.8. The summed E-state index contributed by atoms with van der Waals surface area (Å²) in [4.78, 5) is 25.9. The van der Waals surface area contributed by atoms with Crippen LogP contribution in [0, 0.1) is 12.8 Å². The fraction of sp³-hybridized carbons (Fsp3) is 0.667. The quantitative estimate of drug-likeness (QED) is 0.760. The fourth-order valence-electron chi connectivity index (χ4n) is 3.63. The summed E-state index contributed by atoms with van der Waals surface area (Å²) in [6, 6.07) is 0.265. The Balaban J connectivity index is 1.60. The van der Waals surface area contributed by atoms with E-state index in [0.29, 0.717) is 38.9 Å². The summed E-state index contributed by atoms with van der Waals surface area (Å²) >= 11 is 0. The first-order valence-corrected chi connectivity index (χ1v) is 9.18. The Bertz CT molecular complexity index is 799. The Morgan fingerprint density at radius 1 is 1.31 bits per heavy atom. The number of hydrogen-bond acceptors (Lipinski definition) is 5. The van der Waals surface area contributed by atoms with Crippen LogP contribution in [-0.4, -0.2) is 56.5 Å². The van der Waals surface area contributed by atoms with Crippen molar-refractivity contribution in [2.75, 3.05) is 20.2 Å². The smallest absolute Gasteiger partial charge is 0.308 e. The number of piperidine rings is 1. The molecule has 0 bridgehead atoms. The van der Waals surface area contributed by atoms with Gasteiger partial charge in [0, 0.05) is 25.6 Å². The molecule has 0 aliphatic carbocycles. The van der Waals surface area contributed by atoms with Gasteiger partial charge >= 0.3 is 5.97 Å². The molecule has 1 amide bonds. The van der Waals surface area contributed by atoms with Crippen molar-refractivity contribution in [1.82, 2.24) is 24.5 Å². The zero-order valence-corrected chi connectivity index (χ0v) is 15.9. The number of hydrogen-bond donors (Lipinski definition) is 0. The van der Waals surface area contributed by atoms with Crippen molar-refractivity contribution in [3.05, 3.63) is 11.9 Å². The highest BCUT2D eigenvalue weighted by molar-refractivity contribution is 5.79. The van der Waals surface area contributed by atoms with E-state index in [4.69, 9.17) is 4.74 Å². The minimum Gasteiger partial charge on any atom is -0.469 e. The van der Waals surface area contributed by atoms with Gasteiger partial charge in [0.2, 0.25) is 5.91 Å². The summed E-state index contributed by atoms with van der Waals surface area (Å²) < 4.78 is 8.63. The first kappa shape index (κ1) is 18.4. The molecule has 8 heteroatoms.